The maximum atomic E-state index is 7.02. The summed E-state index contributed by atoms with van der Waals surface area (Å²) in [5.41, 5.74) is 14.7. The van der Waals surface area contributed by atoms with Crippen LogP contribution in [0.3, 0.4) is 0 Å². The molecule has 0 aliphatic heterocycles. The van der Waals surface area contributed by atoms with E-state index in [2.05, 4.69) is 102 Å². The number of furan rings is 1. The lowest BCUT2D eigenvalue weighted by atomic mass is 9.97. The fourth-order valence-corrected chi connectivity index (χ4v) is 6.97. The van der Waals surface area contributed by atoms with Crippen molar-refractivity contribution in [2.24, 2.45) is 10.7 Å². The third kappa shape index (κ3) is 4.27. The zero-order chi connectivity index (χ0) is 31.5. The standard InChI is InChI=1S/C43H29N3O/c1-27-12-5-6-15-31(27)41(29-13-3-2-4-14-29)45-43(44)46-37-20-9-7-17-35(37)40-36-26-30(23-22-28(36)24-25-38(40)46)32-18-11-19-34-33-16-8-10-21-39(33)47-42(32)34/h2-26H,1H2,(H2,44,45)/b41-31-. The van der Waals surface area contributed by atoms with E-state index in [4.69, 9.17) is 15.1 Å². The molecule has 2 heterocycles. The van der Waals surface area contributed by atoms with Crippen LogP contribution in [0.2, 0.25) is 0 Å². The van der Waals surface area contributed by atoms with Gasteiger partial charge < -0.3 is 10.2 Å². The molecule has 9 rings (SSSR count). The first-order valence-corrected chi connectivity index (χ1v) is 15.7. The van der Waals surface area contributed by atoms with E-state index in [9.17, 15) is 0 Å². The molecule has 0 atom stereocenters. The molecule has 0 saturated carbocycles. The summed E-state index contributed by atoms with van der Waals surface area (Å²) in [6.45, 7) is 4.29. The quantitative estimate of drug-likeness (QED) is 0.162. The third-order valence-electron chi connectivity index (χ3n) is 9.15. The maximum Gasteiger partial charge on any atom is 0.205 e. The second-order valence-corrected chi connectivity index (χ2v) is 11.9. The second kappa shape index (κ2) is 10.6. The predicted octanol–water partition coefficient (Wildman–Crippen LogP) is 8.94. The van der Waals surface area contributed by atoms with Gasteiger partial charge in [-0.15, -0.1) is 0 Å². The van der Waals surface area contributed by atoms with E-state index >= 15 is 0 Å². The van der Waals surface area contributed by atoms with Crippen LogP contribution in [0, 0.1) is 0 Å². The smallest absolute Gasteiger partial charge is 0.205 e. The monoisotopic (exact) mass is 603 g/mol. The Labute approximate surface area is 270 Å². The average molecular weight is 604 g/mol. The molecule has 0 radical (unpaired) electrons. The maximum absolute atomic E-state index is 7.02. The Balaban J connectivity index is 1.31. The molecule has 4 heteroatoms. The molecule has 9 aromatic rings. The van der Waals surface area contributed by atoms with Crippen LogP contribution in [0.4, 0.5) is 0 Å². The number of nitrogens with two attached hydrogens (primary N) is 1. The van der Waals surface area contributed by atoms with Crippen LogP contribution in [0.25, 0.3) is 77.9 Å². The lowest BCUT2D eigenvalue weighted by molar-refractivity contribution is 0.670. The summed E-state index contributed by atoms with van der Waals surface area (Å²) in [5, 5.41) is 8.62. The Morgan fingerprint density at radius 3 is 2.21 bits per heavy atom. The fourth-order valence-electron chi connectivity index (χ4n) is 6.97. The molecule has 0 fully saturated rings. The van der Waals surface area contributed by atoms with E-state index in [1.165, 1.54) is 0 Å². The second-order valence-electron chi connectivity index (χ2n) is 11.9. The number of benzene rings is 7. The number of hydrogen-bond acceptors (Lipinski definition) is 2. The van der Waals surface area contributed by atoms with Crippen molar-refractivity contribution in [3.8, 4) is 11.1 Å². The van der Waals surface area contributed by atoms with Crippen molar-refractivity contribution in [2.75, 3.05) is 0 Å². The first-order valence-electron chi connectivity index (χ1n) is 15.7. The van der Waals surface area contributed by atoms with Gasteiger partial charge in [0.25, 0.3) is 0 Å². The summed E-state index contributed by atoms with van der Waals surface area (Å²) in [7, 11) is 0. The molecule has 47 heavy (non-hydrogen) atoms. The lowest BCUT2D eigenvalue weighted by Gasteiger charge is -2.10. The molecule has 0 unspecified atom stereocenters. The number of fused-ring (bicyclic) bond motifs is 8. The molecule has 0 saturated heterocycles. The first kappa shape index (κ1) is 27.0. The van der Waals surface area contributed by atoms with Gasteiger partial charge in [0, 0.05) is 37.9 Å². The van der Waals surface area contributed by atoms with Crippen LogP contribution in [0.5, 0.6) is 0 Å². The zero-order valence-electron chi connectivity index (χ0n) is 25.5. The van der Waals surface area contributed by atoms with Gasteiger partial charge in [0.05, 0.1) is 16.7 Å². The van der Waals surface area contributed by atoms with E-state index in [0.717, 1.165) is 87.3 Å². The van der Waals surface area contributed by atoms with Gasteiger partial charge in [0.1, 0.15) is 11.2 Å². The van der Waals surface area contributed by atoms with Gasteiger partial charge in [-0.05, 0) is 45.8 Å². The predicted molar refractivity (Wildman–Crippen MR) is 197 cm³/mol. The molecule has 0 aliphatic rings. The molecule has 2 aromatic heterocycles. The van der Waals surface area contributed by atoms with Gasteiger partial charge >= 0.3 is 0 Å². The van der Waals surface area contributed by atoms with E-state index < -0.39 is 0 Å². The van der Waals surface area contributed by atoms with Crippen LogP contribution in [0.1, 0.15) is 5.56 Å². The Hall–Kier alpha value is -6.39. The normalized spacial score (nSPS) is 12.9. The molecule has 7 aromatic carbocycles. The van der Waals surface area contributed by atoms with Crippen molar-refractivity contribution in [3.05, 3.63) is 168 Å². The fraction of sp³-hybridized carbons (Fsp3) is 0. The number of hydrogen-bond donors (Lipinski definition) is 1. The summed E-state index contributed by atoms with van der Waals surface area (Å²) in [5.74, 6) is 0.390. The van der Waals surface area contributed by atoms with Crippen LogP contribution in [-0.4, -0.2) is 10.5 Å². The van der Waals surface area contributed by atoms with E-state index in [-0.39, 0.29) is 0 Å². The molecule has 0 amide bonds. The van der Waals surface area contributed by atoms with Crippen molar-refractivity contribution in [1.29, 1.82) is 0 Å². The van der Waals surface area contributed by atoms with Gasteiger partial charge in [-0.3, -0.25) is 4.57 Å². The minimum absolute atomic E-state index is 0.390. The summed E-state index contributed by atoms with van der Waals surface area (Å²) < 4.78 is 8.49. The summed E-state index contributed by atoms with van der Waals surface area (Å²) in [6.07, 6.45) is 0. The molecule has 4 nitrogen and oxygen atoms in total. The number of para-hydroxylation sites is 3. The van der Waals surface area contributed by atoms with Crippen molar-refractivity contribution in [1.82, 2.24) is 4.57 Å². The molecular formula is C43H29N3O. The Bertz CT molecular complexity index is 2820. The van der Waals surface area contributed by atoms with Gasteiger partial charge in [0.2, 0.25) is 5.96 Å². The highest BCUT2D eigenvalue weighted by atomic mass is 16.3. The van der Waals surface area contributed by atoms with Crippen molar-refractivity contribution < 1.29 is 4.42 Å². The molecular weight excluding hydrogens is 574 g/mol. The third-order valence-corrected chi connectivity index (χ3v) is 9.15. The summed E-state index contributed by atoms with van der Waals surface area (Å²) in [4.78, 5) is 5.14. The molecule has 0 aliphatic carbocycles. The minimum atomic E-state index is 0.390. The van der Waals surface area contributed by atoms with Crippen LogP contribution in [-0.2, 0) is 0 Å². The molecule has 222 valence electrons. The molecule has 0 bridgehead atoms. The SMILES string of the molecule is C=c1cccc/c1=C(/N=C(N)n1c2ccccc2c2c3cc(-c4cccc5c4oc4ccccc45)ccc3ccc21)c1ccccc1. The van der Waals surface area contributed by atoms with Gasteiger partial charge in [-0.1, -0.05) is 134 Å². The number of nitrogens with zero attached hydrogens (tertiary/aromatic N) is 2. The molecule has 2 N–H and O–H groups in total. The zero-order valence-corrected chi connectivity index (χ0v) is 25.5. The Morgan fingerprint density at radius 2 is 1.34 bits per heavy atom. The van der Waals surface area contributed by atoms with E-state index in [1.807, 2.05) is 60.7 Å². The van der Waals surface area contributed by atoms with E-state index in [0.29, 0.717) is 5.96 Å². The largest absolute Gasteiger partial charge is 0.455 e. The minimum Gasteiger partial charge on any atom is -0.455 e. The average Bonchev–Trinajstić information content (AvgIpc) is 3.67. The van der Waals surface area contributed by atoms with Gasteiger partial charge in [-0.2, -0.15) is 0 Å². The highest BCUT2D eigenvalue weighted by Crippen LogP contribution is 2.39. The molecule has 0 spiro atoms. The van der Waals surface area contributed by atoms with Crippen LogP contribution in [0.15, 0.2) is 161 Å². The van der Waals surface area contributed by atoms with Gasteiger partial charge in [0.15, 0.2) is 0 Å². The van der Waals surface area contributed by atoms with Crippen LogP contribution < -0.4 is 16.2 Å². The van der Waals surface area contributed by atoms with E-state index in [1.54, 1.807) is 0 Å². The Morgan fingerprint density at radius 1 is 0.617 bits per heavy atom. The topological polar surface area (TPSA) is 56.4 Å². The number of aromatic nitrogens is 1. The highest BCUT2D eigenvalue weighted by Gasteiger charge is 2.18. The summed E-state index contributed by atoms with van der Waals surface area (Å²) >= 11 is 0. The number of aliphatic imine (C=N–C) groups is 1. The Kier molecular flexibility index (Phi) is 6.09. The first-order chi connectivity index (χ1) is 23.2. The summed E-state index contributed by atoms with van der Waals surface area (Å²) in [6, 6.07) is 52.2. The van der Waals surface area contributed by atoms with Crippen molar-refractivity contribution >= 4 is 72.8 Å². The van der Waals surface area contributed by atoms with Crippen LogP contribution >= 0.6 is 0 Å². The van der Waals surface area contributed by atoms with Crippen molar-refractivity contribution in [3.63, 3.8) is 0 Å². The van der Waals surface area contributed by atoms with Crippen molar-refractivity contribution in [2.45, 2.75) is 0 Å². The highest BCUT2D eigenvalue weighted by molar-refractivity contribution is 6.24. The number of rotatable bonds is 3. The lowest BCUT2D eigenvalue weighted by Crippen LogP contribution is -2.28. The van der Waals surface area contributed by atoms with Gasteiger partial charge in [-0.25, -0.2) is 4.99 Å².